The van der Waals surface area contributed by atoms with Gasteiger partial charge < -0.3 is 36.7 Å². The molecule has 0 heterocycles. The van der Waals surface area contributed by atoms with E-state index in [-0.39, 0.29) is 137 Å². The zero-order valence-corrected chi connectivity index (χ0v) is 37.1. The average molecular weight is 916 g/mol. The van der Waals surface area contributed by atoms with Gasteiger partial charge in [0, 0.05) is 0 Å². The van der Waals surface area contributed by atoms with Crippen LogP contribution in [0.5, 0.6) is 0 Å². The first kappa shape index (κ1) is 78.8. The summed E-state index contributed by atoms with van der Waals surface area (Å²) in [5, 5.41) is 0. The van der Waals surface area contributed by atoms with Crippen molar-refractivity contribution in [2.75, 3.05) is 0 Å². The Bertz CT molecular complexity index is 1260. The molecule has 35 nitrogen and oxygen atoms in total. The van der Waals surface area contributed by atoms with E-state index in [9.17, 15) is 85.6 Å². The standard InChI is InChI=1S/3H3N.4Na.4H2O8S2/c;;;;;;;4*1-9(2,3)7-8-10(4,5)6/h3*1H3;;;;;4*(H,1,2,3)(H,4,5,6)/q;;;4*+1;;;;/p-4. The van der Waals surface area contributed by atoms with Crippen LogP contribution in [0.25, 0.3) is 0 Å². The van der Waals surface area contributed by atoms with Crippen molar-refractivity contribution in [2.45, 2.75) is 0 Å². The molecular weight excluding hydrogens is 902 g/mol. The summed E-state index contributed by atoms with van der Waals surface area (Å²) in [5.74, 6) is 0. The third-order valence-corrected chi connectivity index (χ3v) is 3.03. The summed E-state index contributed by atoms with van der Waals surface area (Å²) in [6, 6.07) is 0. The zero-order valence-electron chi connectivity index (χ0n) is 22.6. The van der Waals surface area contributed by atoms with Crippen molar-refractivity contribution in [1.82, 2.24) is 18.5 Å². The topological polar surface area (TPSA) is 625 Å². The minimum absolute atomic E-state index is 0. The smallest absolute Gasteiger partial charge is 0.724 e. The summed E-state index contributed by atoms with van der Waals surface area (Å²) >= 11 is 0. The van der Waals surface area contributed by atoms with E-state index in [1.807, 2.05) is 0 Å². The van der Waals surface area contributed by atoms with E-state index in [0.29, 0.717) is 0 Å². The van der Waals surface area contributed by atoms with Crippen LogP contribution in [0.1, 0.15) is 0 Å². The van der Waals surface area contributed by atoms with Gasteiger partial charge in [0.2, 0.25) is 41.6 Å². The molecule has 0 aromatic heterocycles. The molecule has 0 amide bonds. The molecular formula is H13N3Na4O32S8. The van der Waals surface area contributed by atoms with Crippen LogP contribution in [0.2, 0.25) is 0 Å². The van der Waals surface area contributed by atoms with Gasteiger partial charge in [0.15, 0.2) is 0 Å². The monoisotopic (exact) mass is 915 g/mol. The van der Waals surface area contributed by atoms with Gasteiger partial charge in [-0.1, -0.05) is 17.3 Å². The fraction of sp³-hybridized carbons (Fsp3) is 0. The molecule has 0 saturated heterocycles. The summed E-state index contributed by atoms with van der Waals surface area (Å²) in [6.45, 7) is 0. The van der Waals surface area contributed by atoms with Gasteiger partial charge in [-0.05, 0) is 0 Å². The maximum Gasteiger partial charge on any atom is 1.00 e. The molecule has 47 heavy (non-hydrogen) atoms. The second kappa shape index (κ2) is 32.3. The Morgan fingerprint density at radius 2 is 0.362 bits per heavy atom. The minimum atomic E-state index is -5.31. The van der Waals surface area contributed by atoms with Crippen molar-refractivity contribution >= 4 is 83.2 Å². The van der Waals surface area contributed by atoms with Crippen molar-refractivity contribution in [3.8, 4) is 0 Å². The molecule has 13 N–H and O–H groups in total. The van der Waals surface area contributed by atoms with E-state index < -0.39 is 83.2 Å². The summed E-state index contributed by atoms with van der Waals surface area (Å²) in [4.78, 5) is 0. The van der Waals surface area contributed by atoms with Crippen molar-refractivity contribution < 1.29 is 257 Å². The van der Waals surface area contributed by atoms with E-state index in [1.165, 1.54) is 0 Å². The van der Waals surface area contributed by atoms with Crippen LogP contribution in [-0.2, 0) is 118 Å². The molecule has 0 saturated carbocycles. The fourth-order valence-electron chi connectivity index (χ4n) is 0.276. The third kappa shape index (κ3) is 113. The Kier molecular flexibility index (Phi) is 54.1. The fourth-order valence-corrected chi connectivity index (χ4v) is 2.49. The van der Waals surface area contributed by atoms with E-state index in [1.54, 1.807) is 0 Å². The molecule has 0 aliphatic carbocycles. The minimum Gasteiger partial charge on any atom is -0.724 e. The Morgan fingerprint density at radius 3 is 0.404 bits per heavy atom. The van der Waals surface area contributed by atoms with E-state index >= 15 is 0 Å². The van der Waals surface area contributed by atoms with E-state index in [4.69, 9.17) is 18.2 Å². The number of hydrogen-bond acceptors (Lipinski definition) is 31. The Hall–Kier alpha value is 2.84. The number of rotatable bonds is 12. The van der Waals surface area contributed by atoms with Crippen molar-refractivity contribution in [1.29, 1.82) is 0 Å². The van der Waals surface area contributed by atoms with Gasteiger partial charge in [-0.25, -0.2) is 33.7 Å². The van der Waals surface area contributed by atoms with Gasteiger partial charge in [-0.3, -0.25) is 18.2 Å². The molecule has 0 bridgehead atoms. The molecule has 0 atom stereocenters. The molecule has 0 spiro atoms. The predicted octanol–water partition coefficient (Wildman–Crippen LogP) is -18.7. The van der Waals surface area contributed by atoms with Crippen LogP contribution in [0.15, 0.2) is 0 Å². The molecule has 0 radical (unpaired) electrons. The average Bonchev–Trinajstić information content (AvgIpc) is 2.59. The first-order chi connectivity index (χ1) is 16.8. The van der Waals surface area contributed by atoms with Crippen LogP contribution in [0, 0.1) is 0 Å². The number of hydrogen-bond donors (Lipinski definition) is 7. The molecule has 0 rings (SSSR count). The van der Waals surface area contributed by atoms with Crippen molar-refractivity contribution in [2.24, 2.45) is 0 Å². The molecule has 0 fully saturated rings. The van der Waals surface area contributed by atoms with E-state index in [0.717, 1.165) is 0 Å². The largest absolute Gasteiger partial charge is 1.00 e. The first-order valence-corrected chi connectivity index (χ1v) is 16.9. The van der Waals surface area contributed by atoms with Gasteiger partial charge >= 0.3 is 160 Å². The van der Waals surface area contributed by atoms with Crippen molar-refractivity contribution in [3.63, 3.8) is 0 Å². The molecule has 272 valence electrons. The van der Waals surface area contributed by atoms with Crippen LogP contribution >= 0.6 is 0 Å². The predicted molar refractivity (Wildman–Crippen MR) is 109 cm³/mol. The Morgan fingerprint density at radius 1 is 0.277 bits per heavy atom. The van der Waals surface area contributed by atoms with E-state index in [2.05, 4.69) is 34.7 Å². The van der Waals surface area contributed by atoms with Gasteiger partial charge in [0.25, 0.3) is 0 Å². The summed E-state index contributed by atoms with van der Waals surface area (Å²) in [5.41, 5.74) is 0. The summed E-state index contributed by atoms with van der Waals surface area (Å²) < 4.78 is 241. The normalized spacial score (nSPS) is 11.4. The summed E-state index contributed by atoms with van der Waals surface area (Å²) in [7, 11) is -41.3. The van der Waals surface area contributed by atoms with Gasteiger partial charge in [-0.2, -0.15) is 33.7 Å². The Balaban J connectivity index is -0.0000000389. The molecule has 0 aliphatic rings. The second-order valence-corrected chi connectivity index (χ2v) is 11.7. The van der Waals surface area contributed by atoms with Gasteiger partial charge in [0.05, 0.1) is 0 Å². The Labute approximate surface area is 353 Å². The summed E-state index contributed by atoms with van der Waals surface area (Å²) in [6.07, 6.45) is 0. The third-order valence-electron chi connectivity index (χ3n) is 0.788. The molecule has 0 unspecified atom stereocenters. The first-order valence-electron chi connectivity index (χ1n) is 6.06. The SMILES string of the molecule is N.N.N.O=S(=O)(O)OOS(=O)(=O)O.O=S(=O)(O)OOS(=O)(=O)O.O=S(=O)([O-])OOS(=O)(=O)[O-].O=S(=O)([O-])OOS(=O)(=O)[O-].[Na+].[Na+].[Na+].[Na+]. The van der Waals surface area contributed by atoms with Crippen LogP contribution in [-0.4, -0.2) is 104 Å². The van der Waals surface area contributed by atoms with Crippen LogP contribution in [0.3, 0.4) is 0 Å². The maximum atomic E-state index is 9.51. The second-order valence-electron chi connectivity index (χ2n) is 3.89. The molecule has 47 heteroatoms. The molecule has 0 aromatic rings. The zero-order chi connectivity index (χ0) is 33.7. The van der Waals surface area contributed by atoms with Crippen LogP contribution < -0.4 is 137 Å². The molecule has 0 aromatic carbocycles. The van der Waals surface area contributed by atoms with Crippen molar-refractivity contribution in [3.05, 3.63) is 0 Å². The van der Waals surface area contributed by atoms with Gasteiger partial charge in [-0.15, -0.1) is 17.3 Å². The van der Waals surface area contributed by atoms with Crippen LogP contribution in [0.4, 0.5) is 0 Å². The van der Waals surface area contributed by atoms with Gasteiger partial charge in [0.1, 0.15) is 0 Å². The molecule has 0 aliphatic heterocycles. The quantitative estimate of drug-likeness (QED) is 0.0314. The maximum absolute atomic E-state index is 9.51.